The summed E-state index contributed by atoms with van der Waals surface area (Å²) >= 11 is 0. The second-order valence-corrected chi connectivity index (χ2v) is 4.92. The Labute approximate surface area is 113 Å². The number of carbonyl (C=O) groups excluding carboxylic acids is 2. The van der Waals surface area contributed by atoms with E-state index in [0.29, 0.717) is 6.42 Å². The lowest BCUT2D eigenvalue weighted by Gasteiger charge is -2.33. The molecule has 0 fully saturated rings. The summed E-state index contributed by atoms with van der Waals surface area (Å²) in [5, 5.41) is 0. The predicted octanol–water partition coefficient (Wildman–Crippen LogP) is 2.55. The highest BCUT2D eigenvalue weighted by Gasteiger charge is 2.36. The molecule has 4 nitrogen and oxygen atoms in total. The van der Waals surface area contributed by atoms with Crippen LogP contribution in [0.3, 0.4) is 0 Å². The molecule has 0 aromatic rings. The highest BCUT2D eigenvalue weighted by Crippen LogP contribution is 2.29. The average molecular weight is 264 g/mol. The quantitative estimate of drug-likeness (QED) is 0.445. The topological polar surface area (TPSA) is 52.6 Å². The van der Waals surface area contributed by atoms with E-state index in [0.717, 1.165) is 11.1 Å². The van der Waals surface area contributed by atoms with Gasteiger partial charge < -0.3 is 9.47 Å². The van der Waals surface area contributed by atoms with Gasteiger partial charge in [-0.3, -0.25) is 9.59 Å². The molecule has 0 amide bonds. The summed E-state index contributed by atoms with van der Waals surface area (Å²) in [4.78, 5) is 22.4. The van der Waals surface area contributed by atoms with Gasteiger partial charge >= 0.3 is 11.9 Å². The third-order valence-corrected chi connectivity index (χ3v) is 2.85. The number of esters is 2. The largest absolute Gasteiger partial charge is 0.458 e. The summed E-state index contributed by atoms with van der Waals surface area (Å²) in [5.74, 6) is -0.870. The Morgan fingerprint density at radius 1 is 1.26 bits per heavy atom. The van der Waals surface area contributed by atoms with Crippen molar-refractivity contribution in [2.75, 3.05) is 0 Å². The fraction of sp³-hybridized carbons (Fsp3) is 0.533. The van der Waals surface area contributed by atoms with Gasteiger partial charge in [0.05, 0.1) is 0 Å². The molecule has 0 aromatic carbocycles. The summed E-state index contributed by atoms with van der Waals surface area (Å²) < 4.78 is 10.6. The van der Waals surface area contributed by atoms with Gasteiger partial charge in [0, 0.05) is 25.3 Å². The third-order valence-electron chi connectivity index (χ3n) is 2.85. The van der Waals surface area contributed by atoms with Crippen molar-refractivity contribution in [3.63, 3.8) is 0 Å². The fourth-order valence-corrected chi connectivity index (χ4v) is 2.14. The molecule has 0 spiro atoms. The number of hydrogen-bond donors (Lipinski definition) is 0. The molecule has 104 valence electrons. The zero-order chi connectivity index (χ0) is 14.6. The van der Waals surface area contributed by atoms with Gasteiger partial charge in [0.1, 0.15) is 0 Å². The van der Waals surface area contributed by atoms with Crippen LogP contribution in [0.4, 0.5) is 0 Å². The van der Waals surface area contributed by atoms with Crippen LogP contribution in [0.25, 0.3) is 0 Å². The second-order valence-electron chi connectivity index (χ2n) is 4.92. The SMILES string of the molecule is C=C(C)CC1C=C=C(C)C(OC(C)=O)C1OC(C)=O. The maximum absolute atomic E-state index is 11.3. The summed E-state index contributed by atoms with van der Waals surface area (Å²) in [7, 11) is 0. The van der Waals surface area contributed by atoms with Gasteiger partial charge in [-0.05, 0) is 26.3 Å². The molecule has 1 rings (SSSR count). The lowest BCUT2D eigenvalue weighted by Crippen LogP contribution is -2.41. The average Bonchev–Trinajstić information content (AvgIpc) is 2.25. The monoisotopic (exact) mass is 264 g/mol. The van der Waals surface area contributed by atoms with Gasteiger partial charge in [0.25, 0.3) is 0 Å². The lowest BCUT2D eigenvalue weighted by atomic mass is 9.85. The summed E-state index contributed by atoms with van der Waals surface area (Å²) in [5.41, 5.74) is 4.80. The van der Waals surface area contributed by atoms with E-state index in [1.807, 2.05) is 13.0 Å². The molecule has 0 aliphatic heterocycles. The minimum absolute atomic E-state index is 0.0746. The molecular weight excluding hydrogens is 244 g/mol. The van der Waals surface area contributed by atoms with Crippen LogP contribution in [0.5, 0.6) is 0 Å². The van der Waals surface area contributed by atoms with Crippen molar-refractivity contribution in [1.82, 2.24) is 0 Å². The Morgan fingerprint density at radius 2 is 1.84 bits per heavy atom. The Bertz CT molecular complexity index is 455. The van der Waals surface area contributed by atoms with Crippen LogP contribution >= 0.6 is 0 Å². The number of carbonyl (C=O) groups is 2. The predicted molar refractivity (Wildman–Crippen MR) is 71.3 cm³/mol. The van der Waals surface area contributed by atoms with Crippen molar-refractivity contribution in [2.24, 2.45) is 5.92 Å². The van der Waals surface area contributed by atoms with Crippen LogP contribution in [-0.4, -0.2) is 24.1 Å². The van der Waals surface area contributed by atoms with Gasteiger partial charge in [0.2, 0.25) is 0 Å². The second kappa shape index (κ2) is 6.39. The smallest absolute Gasteiger partial charge is 0.303 e. The van der Waals surface area contributed by atoms with Crippen molar-refractivity contribution in [3.05, 3.63) is 29.5 Å². The normalized spacial score (nSPS) is 25.5. The van der Waals surface area contributed by atoms with E-state index >= 15 is 0 Å². The zero-order valence-electron chi connectivity index (χ0n) is 11.9. The Hall–Kier alpha value is -1.80. The van der Waals surface area contributed by atoms with E-state index in [9.17, 15) is 9.59 Å². The molecule has 0 N–H and O–H groups in total. The van der Waals surface area contributed by atoms with Crippen molar-refractivity contribution in [2.45, 2.75) is 46.3 Å². The molecule has 0 bridgehead atoms. The molecule has 4 heteroatoms. The minimum atomic E-state index is -0.573. The van der Waals surface area contributed by atoms with Crippen molar-refractivity contribution in [3.8, 4) is 0 Å². The molecule has 3 atom stereocenters. The number of ether oxygens (including phenoxy) is 2. The molecule has 1 aliphatic rings. The molecule has 0 saturated carbocycles. The fourth-order valence-electron chi connectivity index (χ4n) is 2.14. The van der Waals surface area contributed by atoms with Gasteiger partial charge in [-0.1, -0.05) is 5.57 Å². The van der Waals surface area contributed by atoms with E-state index in [1.54, 1.807) is 6.92 Å². The van der Waals surface area contributed by atoms with E-state index in [1.165, 1.54) is 13.8 Å². The van der Waals surface area contributed by atoms with Crippen LogP contribution in [0.1, 0.15) is 34.1 Å². The van der Waals surface area contributed by atoms with Gasteiger partial charge in [-0.2, -0.15) is 0 Å². The molecule has 0 saturated heterocycles. The standard InChI is InChI=1S/C15H20O4/c1-9(2)8-13-7-6-10(3)14(18-11(4)16)15(13)19-12(5)17/h7,13-15H,1,8H2,2-5H3. The highest BCUT2D eigenvalue weighted by molar-refractivity contribution is 5.68. The van der Waals surface area contributed by atoms with E-state index in [-0.39, 0.29) is 5.92 Å². The summed E-state index contributed by atoms with van der Waals surface area (Å²) in [6, 6.07) is 0. The summed E-state index contributed by atoms with van der Waals surface area (Å²) in [6.07, 6.45) is 1.43. The molecule has 0 radical (unpaired) electrons. The Balaban J connectivity index is 3.03. The maximum atomic E-state index is 11.3. The van der Waals surface area contributed by atoms with E-state index in [4.69, 9.17) is 9.47 Å². The van der Waals surface area contributed by atoms with Gasteiger partial charge in [-0.25, -0.2) is 0 Å². The van der Waals surface area contributed by atoms with Crippen LogP contribution in [0.2, 0.25) is 0 Å². The lowest BCUT2D eigenvalue weighted by molar-refractivity contribution is -0.165. The molecule has 3 unspecified atom stereocenters. The van der Waals surface area contributed by atoms with E-state index < -0.39 is 24.1 Å². The van der Waals surface area contributed by atoms with Crippen molar-refractivity contribution >= 4 is 11.9 Å². The zero-order valence-corrected chi connectivity index (χ0v) is 11.9. The van der Waals surface area contributed by atoms with Gasteiger partial charge in [0.15, 0.2) is 12.2 Å². The van der Waals surface area contributed by atoms with Crippen LogP contribution in [0.15, 0.2) is 29.5 Å². The van der Waals surface area contributed by atoms with E-state index in [2.05, 4.69) is 12.3 Å². The Morgan fingerprint density at radius 3 is 2.32 bits per heavy atom. The van der Waals surface area contributed by atoms with Crippen molar-refractivity contribution in [1.29, 1.82) is 0 Å². The first-order valence-corrected chi connectivity index (χ1v) is 6.23. The molecular formula is C15H20O4. The minimum Gasteiger partial charge on any atom is -0.458 e. The highest BCUT2D eigenvalue weighted by atomic mass is 16.6. The molecule has 0 heterocycles. The first-order valence-electron chi connectivity index (χ1n) is 6.23. The maximum Gasteiger partial charge on any atom is 0.303 e. The van der Waals surface area contributed by atoms with Gasteiger partial charge in [-0.15, -0.1) is 12.3 Å². The van der Waals surface area contributed by atoms with Crippen LogP contribution < -0.4 is 0 Å². The van der Waals surface area contributed by atoms with Crippen LogP contribution in [-0.2, 0) is 19.1 Å². The number of rotatable bonds is 4. The first kappa shape index (κ1) is 15.3. The number of allylic oxidation sites excluding steroid dienone is 1. The Kier molecular flexibility index (Phi) is 5.13. The summed E-state index contributed by atoms with van der Waals surface area (Å²) in [6.45, 7) is 10.3. The van der Waals surface area contributed by atoms with Crippen LogP contribution in [0, 0.1) is 5.92 Å². The first-order chi connectivity index (χ1) is 8.81. The van der Waals surface area contributed by atoms with Crippen molar-refractivity contribution < 1.29 is 19.1 Å². The molecule has 19 heavy (non-hydrogen) atoms. The molecule has 1 aliphatic carbocycles. The molecule has 0 aromatic heterocycles. The number of hydrogen-bond acceptors (Lipinski definition) is 4. The third kappa shape index (κ3) is 4.42.